The number of hydrogen-bond donors (Lipinski definition) is 0. The van der Waals surface area contributed by atoms with E-state index in [1.54, 1.807) is 25.1 Å². The summed E-state index contributed by atoms with van der Waals surface area (Å²) in [5.41, 5.74) is 1.38. The Morgan fingerprint density at radius 2 is 1.70 bits per heavy atom. The molecular weight excluding hydrogens is 385 g/mol. The molecule has 1 fully saturated rings. The molecule has 164 valence electrons. The normalized spacial score (nSPS) is 19.2. The van der Waals surface area contributed by atoms with E-state index in [1.165, 1.54) is 44.2 Å². The summed E-state index contributed by atoms with van der Waals surface area (Å²) in [6, 6.07) is 7.80. The van der Waals surface area contributed by atoms with Gasteiger partial charge in [0.2, 0.25) is 0 Å². The van der Waals surface area contributed by atoms with Crippen molar-refractivity contribution in [2.45, 2.75) is 83.7 Å². The molecule has 4 heteroatoms. The van der Waals surface area contributed by atoms with Gasteiger partial charge in [0, 0.05) is 11.5 Å². The molecular formula is C26H33F3O. The van der Waals surface area contributed by atoms with Crippen LogP contribution in [-0.2, 0) is 11.2 Å². The summed E-state index contributed by atoms with van der Waals surface area (Å²) in [4.78, 5) is 0. The Labute approximate surface area is 178 Å². The zero-order valence-corrected chi connectivity index (χ0v) is 18.2. The zero-order valence-electron chi connectivity index (χ0n) is 18.2. The topological polar surface area (TPSA) is 9.23 Å². The van der Waals surface area contributed by atoms with Crippen LogP contribution in [0.25, 0.3) is 11.1 Å². The number of rotatable bonds is 9. The van der Waals surface area contributed by atoms with Gasteiger partial charge in [-0.2, -0.15) is 0 Å². The molecule has 0 aromatic heterocycles. The van der Waals surface area contributed by atoms with E-state index in [1.807, 2.05) is 0 Å². The monoisotopic (exact) mass is 418 g/mol. The lowest BCUT2D eigenvalue weighted by Crippen LogP contribution is -2.25. The van der Waals surface area contributed by atoms with Crippen molar-refractivity contribution in [1.29, 1.82) is 0 Å². The fraction of sp³-hybridized carbons (Fsp3) is 0.538. The van der Waals surface area contributed by atoms with Crippen molar-refractivity contribution >= 4 is 0 Å². The molecule has 0 saturated carbocycles. The van der Waals surface area contributed by atoms with Crippen LogP contribution < -0.4 is 0 Å². The molecule has 2 aromatic carbocycles. The molecule has 2 aromatic rings. The predicted octanol–water partition coefficient (Wildman–Crippen LogP) is 7.96. The van der Waals surface area contributed by atoms with Crippen LogP contribution in [0, 0.1) is 17.5 Å². The Hall–Kier alpha value is -1.81. The van der Waals surface area contributed by atoms with Gasteiger partial charge in [-0.25, -0.2) is 13.2 Å². The summed E-state index contributed by atoms with van der Waals surface area (Å²) >= 11 is 0. The van der Waals surface area contributed by atoms with Gasteiger partial charge in [-0.05, 0) is 48.4 Å². The summed E-state index contributed by atoms with van der Waals surface area (Å²) in [5.74, 6) is -2.12. The Morgan fingerprint density at radius 1 is 0.900 bits per heavy atom. The van der Waals surface area contributed by atoms with Gasteiger partial charge in [-0.3, -0.25) is 0 Å². The molecule has 0 spiro atoms. The number of aryl methyl sites for hydroxylation is 1. The summed E-state index contributed by atoms with van der Waals surface area (Å²) in [6.45, 7) is 4.51. The molecule has 0 bridgehead atoms. The molecule has 2 unspecified atom stereocenters. The Kier molecular flexibility index (Phi) is 8.38. The van der Waals surface area contributed by atoms with Crippen molar-refractivity contribution in [2.24, 2.45) is 0 Å². The Balaban J connectivity index is 1.61. The Morgan fingerprint density at radius 3 is 2.37 bits per heavy atom. The van der Waals surface area contributed by atoms with Gasteiger partial charge in [-0.15, -0.1) is 0 Å². The average Bonchev–Trinajstić information content (AvgIpc) is 2.76. The number of unbranched alkanes of at least 4 members (excludes halogenated alkanes) is 4. The van der Waals surface area contributed by atoms with Crippen molar-refractivity contribution < 1.29 is 17.9 Å². The molecule has 0 amide bonds. The van der Waals surface area contributed by atoms with Crippen LogP contribution in [0.15, 0.2) is 30.3 Å². The predicted molar refractivity (Wildman–Crippen MR) is 116 cm³/mol. The van der Waals surface area contributed by atoms with Crippen molar-refractivity contribution in [3.63, 3.8) is 0 Å². The fourth-order valence-electron chi connectivity index (χ4n) is 4.37. The molecule has 1 nitrogen and oxygen atoms in total. The first-order chi connectivity index (χ1) is 14.5. The highest BCUT2D eigenvalue weighted by Gasteiger charge is 2.25. The van der Waals surface area contributed by atoms with Crippen molar-refractivity contribution in [3.05, 3.63) is 58.9 Å². The number of halogens is 3. The number of ether oxygens (including phenoxy) is 1. The SMILES string of the molecule is CCCCCCCC1CCC(c2ccc(-c3ccc(CC)c(F)c3F)cc2F)CO1. The second-order valence-electron chi connectivity index (χ2n) is 8.42. The van der Waals surface area contributed by atoms with Crippen LogP contribution >= 0.6 is 0 Å². The van der Waals surface area contributed by atoms with E-state index in [-0.39, 0.29) is 23.4 Å². The van der Waals surface area contributed by atoms with Crippen LogP contribution in [-0.4, -0.2) is 12.7 Å². The fourth-order valence-corrected chi connectivity index (χ4v) is 4.37. The van der Waals surface area contributed by atoms with Crippen molar-refractivity contribution in [1.82, 2.24) is 0 Å². The smallest absolute Gasteiger partial charge is 0.166 e. The molecule has 1 aliphatic heterocycles. The molecule has 3 rings (SSSR count). The highest BCUT2D eigenvalue weighted by atomic mass is 19.2. The van der Waals surface area contributed by atoms with Gasteiger partial charge < -0.3 is 4.74 Å². The quantitative estimate of drug-likeness (QED) is 0.375. The summed E-state index contributed by atoms with van der Waals surface area (Å²) in [7, 11) is 0. The van der Waals surface area contributed by atoms with E-state index in [0.29, 0.717) is 29.7 Å². The van der Waals surface area contributed by atoms with Crippen LogP contribution in [0.4, 0.5) is 13.2 Å². The van der Waals surface area contributed by atoms with E-state index >= 15 is 0 Å². The van der Waals surface area contributed by atoms with E-state index in [4.69, 9.17) is 4.74 Å². The first kappa shape index (κ1) is 22.9. The lowest BCUT2D eigenvalue weighted by molar-refractivity contribution is -0.00273. The lowest BCUT2D eigenvalue weighted by Gasteiger charge is -2.29. The van der Waals surface area contributed by atoms with Crippen LogP contribution in [0.1, 0.15) is 82.3 Å². The second-order valence-corrected chi connectivity index (χ2v) is 8.42. The summed E-state index contributed by atoms with van der Waals surface area (Å²) < 4.78 is 49.4. The van der Waals surface area contributed by atoms with Crippen LogP contribution in [0.2, 0.25) is 0 Å². The molecule has 0 radical (unpaired) electrons. The lowest BCUT2D eigenvalue weighted by atomic mass is 9.88. The highest BCUT2D eigenvalue weighted by molar-refractivity contribution is 5.65. The van der Waals surface area contributed by atoms with E-state index < -0.39 is 11.6 Å². The van der Waals surface area contributed by atoms with Gasteiger partial charge in [0.15, 0.2) is 11.6 Å². The number of benzene rings is 2. The molecule has 30 heavy (non-hydrogen) atoms. The highest BCUT2D eigenvalue weighted by Crippen LogP contribution is 2.34. The first-order valence-electron chi connectivity index (χ1n) is 11.4. The van der Waals surface area contributed by atoms with Gasteiger partial charge in [0.25, 0.3) is 0 Å². The summed E-state index contributed by atoms with van der Waals surface area (Å²) in [5, 5.41) is 0. The van der Waals surface area contributed by atoms with Gasteiger partial charge >= 0.3 is 0 Å². The minimum absolute atomic E-state index is 0.0134. The van der Waals surface area contributed by atoms with E-state index in [9.17, 15) is 13.2 Å². The second kappa shape index (κ2) is 11.0. The number of hydrogen-bond acceptors (Lipinski definition) is 1. The first-order valence-corrected chi connectivity index (χ1v) is 11.4. The van der Waals surface area contributed by atoms with E-state index in [2.05, 4.69) is 6.92 Å². The largest absolute Gasteiger partial charge is 0.378 e. The van der Waals surface area contributed by atoms with Crippen molar-refractivity contribution in [2.75, 3.05) is 6.61 Å². The molecule has 2 atom stereocenters. The van der Waals surface area contributed by atoms with Crippen LogP contribution in [0.3, 0.4) is 0 Å². The minimum atomic E-state index is -0.913. The van der Waals surface area contributed by atoms with Crippen LogP contribution in [0.5, 0.6) is 0 Å². The molecule has 1 heterocycles. The van der Waals surface area contributed by atoms with Gasteiger partial charge in [-0.1, -0.05) is 70.2 Å². The molecule has 1 aliphatic rings. The van der Waals surface area contributed by atoms with Gasteiger partial charge in [0.1, 0.15) is 5.82 Å². The Bertz CT molecular complexity index is 825. The van der Waals surface area contributed by atoms with Gasteiger partial charge in [0.05, 0.1) is 12.7 Å². The van der Waals surface area contributed by atoms with Crippen molar-refractivity contribution in [3.8, 4) is 11.1 Å². The summed E-state index contributed by atoms with van der Waals surface area (Å²) in [6.07, 6.45) is 9.88. The standard InChI is InChI=1S/C26H33F3O/c1-3-5-6-7-8-9-21-13-10-20(17-30-21)22-14-12-19(16-24(22)27)23-15-11-18(4-2)25(28)26(23)29/h11-12,14-16,20-21H,3-10,13,17H2,1-2H3. The third kappa shape index (κ3) is 5.46. The molecule has 0 N–H and O–H groups in total. The maximum Gasteiger partial charge on any atom is 0.166 e. The molecule has 1 saturated heterocycles. The third-order valence-corrected chi connectivity index (χ3v) is 6.29. The maximum atomic E-state index is 14.8. The zero-order chi connectivity index (χ0) is 21.5. The third-order valence-electron chi connectivity index (χ3n) is 6.29. The minimum Gasteiger partial charge on any atom is -0.378 e. The maximum absolute atomic E-state index is 14.8. The van der Waals surface area contributed by atoms with E-state index in [0.717, 1.165) is 19.3 Å². The molecule has 0 aliphatic carbocycles. The average molecular weight is 419 g/mol.